The molecule has 2 aromatic rings. The zero-order chi connectivity index (χ0) is 17.9. The Kier molecular flexibility index (Phi) is 5.46. The van der Waals surface area contributed by atoms with E-state index in [1.54, 1.807) is 18.2 Å². The maximum atomic E-state index is 12.7. The molecular formula is C18H20N2O3S2. The molecule has 1 heterocycles. The summed E-state index contributed by atoms with van der Waals surface area (Å²) >= 11 is 1.54. The number of rotatable bonds is 5. The molecule has 0 unspecified atom stereocenters. The van der Waals surface area contributed by atoms with Crippen LogP contribution in [0.2, 0.25) is 0 Å². The third-order valence-corrected chi connectivity index (χ3v) is 6.84. The molecule has 7 heteroatoms. The van der Waals surface area contributed by atoms with Crippen LogP contribution in [0.4, 0.5) is 5.69 Å². The summed E-state index contributed by atoms with van der Waals surface area (Å²) in [5.41, 5.74) is 1.05. The van der Waals surface area contributed by atoms with Gasteiger partial charge >= 0.3 is 0 Å². The van der Waals surface area contributed by atoms with Crippen LogP contribution in [0.25, 0.3) is 0 Å². The monoisotopic (exact) mass is 376 g/mol. The minimum atomic E-state index is -3.53. The highest BCUT2D eigenvalue weighted by molar-refractivity contribution is 7.98. The van der Waals surface area contributed by atoms with Gasteiger partial charge in [-0.15, -0.1) is 11.8 Å². The molecule has 1 saturated heterocycles. The predicted octanol–water partition coefficient (Wildman–Crippen LogP) is 3.45. The van der Waals surface area contributed by atoms with Gasteiger partial charge < -0.3 is 5.32 Å². The molecule has 5 nitrogen and oxygen atoms in total. The lowest BCUT2D eigenvalue weighted by Crippen LogP contribution is -2.28. The first-order valence-corrected chi connectivity index (χ1v) is 10.7. The fourth-order valence-corrected chi connectivity index (χ4v) is 4.93. The number of nitrogens with one attached hydrogen (secondary N) is 1. The number of amides is 1. The van der Waals surface area contributed by atoms with Gasteiger partial charge in [-0.1, -0.05) is 18.2 Å². The van der Waals surface area contributed by atoms with Crippen LogP contribution in [-0.4, -0.2) is 38.0 Å². The summed E-state index contributed by atoms with van der Waals surface area (Å²) in [5, 5.41) is 2.86. The summed E-state index contributed by atoms with van der Waals surface area (Å²) in [7, 11) is -3.53. The molecule has 0 radical (unpaired) electrons. The van der Waals surface area contributed by atoms with Crippen LogP contribution in [0, 0.1) is 0 Å². The predicted molar refractivity (Wildman–Crippen MR) is 101 cm³/mol. The molecular weight excluding hydrogens is 356 g/mol. The van der Waals surface area contributed by atoms with Crippen molar-refractivity contribution in [1.29, 1.82) is 0 Å². The molecule has 1 aliphatic heterocycles. The Hall–Kier alpha value is -1.83. The van der Waals surface area contributed by atoms with Gasteiger partial charge in [-0.05, 0) is 49.4 Å². The second-order valence-corrected chi connectivity index (χ2v) is 8.58. The maximum Gasteiger partial charge on any atom is 0.255 e. The van der Waals surface area contributed by atoms with Crippen LogP contribution in [0.3, 0.4) is 0 Å². The first-order chi connectivity index (χ1) is 12.0. The largest absolute Gasteiger partial charge is 0.321 e. The lowest BCUT2D eigenvalue weighted by molar-refractivity contribution is 0.102. The van der Waals surface area contributed by atoms with E-state index in [1.165, 1.54) is 22.1 Å². The molecule has 132 valence electrons. The fourth-order valence-electron chi connectivity index (χ4n) is 2.82. The molecule has 0 aliphatic carbocycles. The van der Waals surface area contributed by atoms with E-state index >= 15 is 0 Å². The average Bonchev–Trinajstić information content (AvgIpc) is 3.18. The highest BCUT2D eigenvalue weighted by Gasteiger charge is 2.27. The van der Waals surface area contributed by atoms with Crippen LogP contribution in [0.5, 0.6) is 0 Å². The van der Waals surface area contributed by atoms with E-state index in [4.69, 9.17) is 0 Å². The quantitative estimate of drug-likeness (QED) is 0.812. The number of benzene rings is 2. The van der Waals surface area contributed by atoms with E-state index in [-0.39, 0.29) is 10.8 Å². The zero-order valence-corrected chi connectivity index (χ0v) is 15.6. The second kappa shape index (κ2) is 7.59. The summed E-state index contributed by atoms with van der Waals surface area (Å²) in [6.45, 7) is 1.08. The molecule has 0 bridgehead atoms. The van der Waals surface area contributed by atoms with Gasteiger partial charge in [-0.3, -0.25) is 4.79 Å². The molecule has 3 rings (SSSR count). The normalized spacial score (nSPS) is 15.2. The Balaban J connectivity index is 1.85. The van der Waals surface area contributed by atoms with Crippen molar-refractivity contribution in [2.45, 2.75) is 22.6 Å². The van der Waals surface area contributed by atoms with Crippen LogP contribution in [-0.2, 0) is 10.0 Å². The van der Waals surface area contributed by atoms with E-state index in [1.807, 2.05) is 30.5 Å². The number of hydrogen-bond donors (Lipinski definition) is 1. The minimum absolute atomic E-state index is 0.167. The fraction of sp³-hybridized carbons (Fsp3) is 0.278. The number of carbonyl (C=O) groups is 1. The minimum Gasteiger partial charge on any atom is -0.321 e. The maximum absolute atomic E-state index is 12.7. The Morgan fingerprint density at radius 2 is 1.80 bits per heavy atom. The standard InChI is InChI=1S/C18H20N2O3S2/c1-24-17-10-3-2-9-16(17)19-18(21)14-7-6-8-15(13-14)25(22,23)20-11-4-5-12-20/h2-3,6-10,13H,4-5,11-12H2,1H3,(H,19,21). The van der Waals surface area contributed by atoms with E-state index in [9.17, 15) is 13.2 Å². The molecule has 0 saturated carbocycles. The summed E-state index contributed by atoms with van der Waals surface area (Å²) in [6.07, 6.45) is 3.70. The zero-order valence-electron chi connectivity index (χ0n) is 13.9. The van der Waals surface area contributed by atoms with Crippen molar-refractivity contribution in [2.75, 3.05) is 24.7 Å². The summed E-state index contributed by atoms with van der Waals surface area (Å²) < 4.78 is 26.8. The van der Waals surface area contributed by atoms with Gasteiger partial charge in [-0.25, -0.2) is 8.42 Å². The van der Waals surface area contributed by atoms with Crippen molar-refractivity contribution < 1.29 is 13.2 Å². The van der Waals surface area contributed by atoms with Crippen molar-refractivity contribution in [3.63, 3.8) is 0 Å². The van der Waals surface area contributed by atoms with Crippen LogP contribution in [0.15, 0.2) is 58.3 Å². The van der Waals surface area contributed by atoms with Crippen molar-refractivity contribution in [2.24, 2.45) is 0 Å². The first-order valence-electron chi connectivity index (χ1n) is 8.07. The summed E-state index contributed by atoms with van der Waals surface area (Å²) in [5.74, 6) is -0.319. The lowest BCUT2D eigenvalue weighted by Gasteiger charge is -2.16. The number of carbonyl (C=O) groups excluding carboxylic acids is 1. The third-order valence-electron chi connectivity index (χ3n) is 4.15. The second-order valence-electron chi connectivity index (χ2n) is 5.79. The molecule has 0 spiro atoms. The van der Waals surface area contributed by atoms with E-state index in [2.05, 4.69) is 5.32 Å². The summed E-state index contributed by atoms with van der Waals surface area (Å²) in [4.78, 5) is 13.7. The highest BCUT2D eigenvalue weighted by atomic mass is 32.2. The van der Waals surface area contributed by atoms with Gasteiger partial charge in [-0.2, -0.15) is 4.31 Å². The number of hydrogen-bond acceptors (Lipinski definition) is 4. The van der Waals surface area contributed by atoms with Crippen LogP contribution < -0.4 is 5.32 Å². The van der Waals surface area contributed by atoms with Crippen molar-refractivity contribution in [3.05, 3.63) is 54.1 Å². The van der Waals surface area contributed by atoms with Gasteiger partial charge in [0.15, 0.2) is 0 Å². The Bertz CT molecular complexity index is 875. The van der Waals surface area contributed by atoms with Gasteiger partial charge in [0.2, 0.25) is 10.0 Å². The van der Waals surface area contributed by atoms with E-state index in [0.717, 1.165) is 17.7 Å². The number of thioether (sulfide) groups is 1. The van der Waals surface area contributed by atoms with Crippen LogP contribution >= 0.6 is 11.8 Å². The number of nitrogens with zero attached hydrogens (tertiary/aromatic N) is 1. The van der Waals surface area contributed by atoms with E-state index < -0.39 is 10.0 Å². The molecule has 0 aromatic heterocycles. The Labute approximate surface area is 152 Å². The highest BCUT2D eigenvalue weighted by Crippen LogP contribution is 2.26. The van der Waals surface area contributed by atoms with Gasteiger partial charge in [0, 0.05) is 23.5 Å². The molecule has 1 fully saturated rings. The molecule has 1 aliphatic rings. The van der Waals surface area contributed by atoms with Crippen LogP contribution in [0.1, 0.15) is 23.2 Å². The topological polar surface area (TPSA) is 66.5 Å². The van der Waals surface area contributed by atoms with Crippen molar-refractivity contribution >= 4 is 33.4 Å². The average molecular weight is 377 g/mol. The van der Waals surface area contributed by atoms with E-state index in [0.29, 0.717) is 24.3 Å². The Morgan fingerprint density at radius 3 is 2.52 bits per heavy atom. The molecule has 1 amide bonds. The van der Waals surface area contributed by atoms with Gasteiger partial charge in [0.25, 0.3) is 5.91 Å². The lowest BCUT2D eigenvalue weighted by atomic mass is 10.2. The number of para-hydroxylation sites is 1. The number of sulfonamides is 1. The molecule has 0 atom stereocenters. The molecule has 1 N–H and O–H groups in total. The smallest absolute Gasteiger partial charge is 0.255 e. The molecule has 2 aromatic carbocycles. The van der Waals surface area contributed by atoms with Gasteiger partial charge in [0.05, 0.1) is 10.6 Å². The van der Waals surface area contributed by atoms with Gasteiger partial charge in [0.1, 0.15) is 0 Å². The Morgan fingerprint density at radius 1 is 1.08 bits per heavy atom. The number of anilines is 1. The first kappa shape index (κ1) is 18.0. The third kappa shape index (κ3) is 3.89. The summed E-state index contributed by atoms with van der Waals surface area (Å²) in [6, 6.07) is 13.7. The van der Waals surface area contributed by atoms with Crippen molar-refractivity contribution in [3.8, 4) is 0 Å². The SMILES string of the molecule is CSc1ccccc1NC(=O)c1cccc(S(=O)(=O)N2CCCC2)c1. The molecule has 25 heavy (non-hydrogen) atoms. The van der Waals surface area contributed by atoms with Crippen molar-refractivity contribution in [1.82, 2.24) is 4.31 Å².